The van der Waals surface area contributed by atoms with Crippen LogP contribution in [0.3, 0.4) is 0 Å². The molecule has 0 radical (unpaired) electrons. The topological polar surface area (TPSA) is 14.2 Å². The number of halogens is 9. The highest BCUT2D eigenvalue weighted by Gasteiger charge is 2.41. The van der Waals surface area contributed by atoms with Gasteiger partial charge in [-0.1, -0.05) is 6.92 Å². The molecule has 11 heteroatoms. The molecule has 1 aromatic heterocycles. The number of aryl methyl sites for hydroxylation is 1. The third-order valence-electron chi connectivity index (χ3n) is 6.48. The third kappa shape index (κ3) is 5.12. The van der Waals surface area contributed by atoms with Crippen molar-refractivity contribution < 1.29 is 44.3 Å². The fourth-order valence-corrected chi connectivity index (χ4v) is 4.61. The molecule has 0 unspecified atom stereocenters. The monoisotopic (exact) mass is 579 g/mol. The Bertz CT molecular complexity index is 1750. The molecule has 2 nitrogen and oxygen atoms in total. The molecule has 0 aliphatic rings. The second-order valence-corrected chi connectivity index (χ2v) is 9.20. The van der Waals surface area contributed by atoms with E-state index in [1.54, 1.807) is 16.8 Å². The van der Waals surface area contributed by atoms with Crippen LogP contribution in [0.4, 0.5) is 39.5 Å². The molecular weight excluding hydrogens is 561 g/mol. The molecule has 5 rings (SSSR count). The van der Waals surface area contributed by atoms with Crippen molar-refractivity contribution >= 4 is 10.9 Å². The van der Waals surface area contributed by atoms with E-state index in [-0.39, 0.29) is 16.5 Å². The van der Waals surface area contributed by atoms with Crippen molar-refractivity contribution in [2.24, 2.45) is 0 Å². The number of nitrogens with zero attached hydrogens (tertiary/aromatic N) is 1. The smallest absolute Gasteiger partial charge is 0.429 e. The third-order valence-corrected chi connectivity index (χ3v) is 6.48. The van der Waals surface area contributed by atoms with Crippen molar-refractivity contribution in [2.45, 2.75) is 26.0 Å². The summed E-state index contributed by atoms with van der Waals surface area (Å²) in [6.07, 6.45) is -2.21. The summed E-state index contributed by atoms with van der Waals surface area (Å²) in [5.41, 5.74) is -2.72. The number of alkyl halides is 2. The summed E-state index contributed by atoms with van der Waals surface area (Å²) in [5, 5.41) is 0.186. The summed E-state index contributed by atoms with van der Waals surface area (Å²) in [7, 11) is 0. The number of ether oxygens (including phenoxy) is 1. The molecule has 0 spiro atoms. The molecule has 5 aromatic rings. The zero-order valence-corrected chi connectivity index (χ0v) is 21.0. The van der Waals surface area contributed by atoms with E-state index in [1.165, 1.54) is 12.1 Å². The Hall–Kier alpha value is -4.41. The highest BCUT2D eigenvalue weighted by molar-refractivity contribution is 5.86. The van der Waals surface area contributed by atoms with Gasteiger partial charge in [0, 0.05) is 35.3 Å². The van der Waals surface area contributed by atoms with Crippen LogP contribution in [0, 0.1) is 40.7 Å². The first kappa shape index (κ1) is 28.1. The Kier molecular flexibility index (Phi) is 7.23. The van der Waals surface area contributed by atoms with E-state index in [0.717, 1.165) is 18.6 Å². The maximum Gasteiger partial charge on any atom is 0.432 e. The lowest BCUT2D eigenvalue weighted by Gasteiger charge is -2.20. The first-order valence-corrected chi connectivity index (χ1v) is 12.2. The Morgan fingerprint density at radius 3 is 1.85 bits per heavy atom. The van der Waals surface area contributed by atoms with E-state index in [2.05, 4.69) is 4.74 Å². The number of hydrogen-bond donors (Lipinski definition) is 0. The lowest BCUT2D eigenvalue weighted by molar-refractivity contribution is -0.189. The second kappa shape index (κ2) is 10.5. The van der Waals surface area contributed by atoms with Gasteiger partial charge >= 0.3 is 6.11 Å². The van der Waals surface area contributed by atoms with Gasteiger partial charge < -0.3 is 9.30 Å². The fourth-order valence-electron chi connectivity index (χ4n) is 4.61. The number of aromatic nitrogens is 1. The van der Waals surface area contributed by atoms with Crippen LogP contribution in [0.2, 0.25) is 0 Å². The molecule has 0 N–H and O–H groups in total. The van der Waals surface area contributed by atoms with Crippen LogP contribution >= 0.6 is 0 Å². The minimum Gasteiger partial charge on any atom is -0.429 e. The van der Waals surface area contributed by atoms with Gasteiger partial charge in [0.05, 0.1) is 5.52 Å². The molecular formula is C30H18F9NO. The van der Waals surface area contributed by atoms with Gasteiger partial charge in [-0.05, 0) is 72.1 Å². The number of rotatable bonds is 7. The molecule has 0 saturated heterocycles. The van der Waals surface area contributed by atoms with Crippen molar-refractivity contribution in [1.82, 2.24) is 4.57 Å². The molecule has 212 valence electrons. The van der Waals surface area contributed by atoms with Crippen molar-refractivity contribution in [2.75, 3.05) is 0 Å². The minimum absolute atomic E-state index is 0.186. The average Bonchev–Trinajstić information content (AvgIpc) is 3.30. The first-order valence-electron chi connectivity index (χ1n) is 12.2. The van der Waals surface area contributed by atoms with Crippen LogP contribution in [0.15, 0.2) is 66.9 Å². The molecule has 0 aliphatic heterocycles. The normalized spacial score (nSPS) is 11.9. The quantitative estimate of drug-likeness (QED) is 0.138. The van der Waals surface area contributed by atoms with Crippen LogP contribution in [0.5, 0.6) is 5.75 Å². The van der Waals surface area contributed by atoms with Crippen molar-refractivity contribution in [1.29, 1.82) is 0 Å². The largest absolute Gasteiger partial charge is 0.432 e. The summed E-state index contributed by atoms with van der Waals surface area (Å²) < 4.78 is 136. The fraction of sp³-hybridized carbons (Fsp3) is 0.133. The summed E-state index contributed by atoms with van der Waals surface area (Å²) in [6, 6.07) is 8.39. The molecule has 0 aliphatic carbocycles. The van der Waals surface area contributed by atoms with E-state index in [0.29, 0.717) is 42.4 Å². The van der Waals surface area contributed by atoms with Crippen molar-refractivity contribution in [3.63, 3.8) is 0 Å². The van der Waals surface area contributed by atoms with Crippen LogP contribution in [0.25, 0.3) is 33.2 Å². The van der Waals surface area contributed by atoms with E-state index < -0.39 is 69.3 Å². The van der Waals surface area contributed by atoms with Gasteiger partial charge in [-0.2, -0.15) is 8.78 Å². The molecule has 41 heavy (non-hydrogen) atoms. The molecule has 0 saturated carbocycles. The van der Waals surface area contributed by atoms with Gasteiger partial charge in [0.2, 0.25) is 0 Å². The predicted octanol–water partition coefficient (Wildman–Crippen LogP) is 9.49. The van der Waals surface area contributed by atoms with Gasteiger partial charge in [-0.15, -0.1) is 0 Å². The summed E-state index contributed by atoms with van der Waals surface area (Å²) in [4.78, 5) is 0. The summed E-state index contributed by atoms with van der Waals surface area (Å²) in [5.74, 6) is -11.4. The molecule has 0 atom stereocenters. The zero-order chi connectivity index (χ0) is 29.6. The number of fused-ring (bicyclic) bond motifs is 1. The second-order valence-electron chi connectivity index (χ2n) is 9.20. The molecule has 0 fully saturated rings. The van der Waals surface area contributed by atoms with E-state index in [4.69, 9.17) is 0 Å². The molecule has 0 amide bonds. The summed E-state index contributed by atoms with van der Waals surface area (Å²) >= 11 is 0. The predicted molar refractivity (Wildman–Crippen MR) is 134 cm³/mol. The molecule has 1 heterocycles. The Morgan fingerprint density at radius 2 is 1.24 bits per heavy atom. The van der Waals surface area contributed by atoms with Gasteiger partial charge in [-0.25, -0.2) is 30.7 Å². The Balaban J connectivity index is 1.45. The highest BCUT2D eigenvalue weighted by atomic mass is 19.3. The van der Waals surface area contributed by atoms with Crippen LogP contribution in [-0.2, 0) is 12.7 Å². The van der Waals surface area contributed by atoms with Crippen LogP contribution in [0.1, 0.15) is 18.9 Å². The van der Waals surface area contributed by atoms with E-state index in [9.17, 15) is 35.1 Å². The first-order chi connectivity index (χ1) is 19.4. The summed E-state index contributed by atoms with van der Waals surface area (Å²) in [6.45, 7) is 2.55. The lowest BCUT2D eigenvalue weighted by atomic mass is 10.00. The standard InChI is InChI=1S/C30H18F9NO/c1-2-8-40-9-7-20-26(40)6-5-19(28(20)36)16-10-22(32)27(23(33)11-16)30(38,39)41-17-3-4-18(21(31)14-17)15-12-24(34)29(37)25(35)13-15/h3-7,9-14H,2,8H2,1H3. The van der Waals surface area contributed by atoms with Crippen LogP contribution < -0.4 is 4.74 Å². The Labute approximate surface area is 227 Å². The maximum absolute atomic E-state index is 15.2. The Morgan fingerprint density at radius 1 is 0.659 bits per heavy atom. The number of hydrogen-bond acceptors (Lipinski definition) is 1. The minimum atomic E-state index is -4.66. The SMILES string of the molecule is CCCn1ccc2c(F)c(-c3cc(F)c(C(F)(F)Oc4ccc(-c5cc(F)c(F)c(F)c5)c(F)c4)c(F)c3)ccc21. The maximum atomic E-state index is 15.2. The molecule has 0 bridgehead atoms. The zero-order valence-electron chi connectivity index (χ0n) is 21.0. The van der Waals surface area contributed by atoms with Gasteiger partial charge in [0.25, 0.3) is 0 Å². The van der Waals surface area contributed by atoms with E-state index in [1.807, 2.05) is 6.92 Å². The van der Waals surface area contributed by atoms with Crippen molar-refractivity contribution in [3.05, 3.63) is 113 Å². The van der Waals surface area contributed by atoms with Crippen molar-refractivity contribution in [3.8, 4) is 28.0 Å². The van der Waals surface area contributed by atoms with Gasteiger partial charge in [0.15, 0.2) is 17.5 Å². The highest BCUT2D eigenvalue weighted by Crippen LogP contribution is 2.39. The van der Waals surface area contributed by atoms with Gasteiger partial charge in [-0.3, -0.25) is 0 Å². The van der Waals surface area contributed by atoms with Crippen LogP contribution in [-0.4, -0.2) is 4.57 Å². The van der Waals surface area contributed by atoms with E-state index >= 15 is 4.39 Å². The number of benzene rings is 4. The lowest BCUT2D eigenvalue weighted by Crippen LogP contribution is -2.25. The average molecular weight is 579 g/mol. The van der Waals surface area contributed by atoms with Gasteiger partial charge in [0.1, 0.15) is 34.6 Å². The molecule has 4 aromatic carbocycles.